The molecule has 3 unspecified atom stereocenters. The molecule has 4 nitrogen and oxygen atoms in total. The van der Waals surface area contributed by atoms with Crippen molar-refractivity contribution in [1.29, 1.82) is 0 Å². The molecular formula is C15H23N3O. The molecule has 0 amide bonds. The lowest BCUT2D eigenvalue weighted by Gasteiger charge is -2.43. The zero-order valence-electron chi connectivity index (χ0n) is 11.8. The molecule has 0 aliphatic carbocycles. The lowest BCUT2D eigenvalue weighted by atomic mass is 10.1. The summed E-state index contributed by atoms with van der Waals surface area (Å²) in [6.45, 7) is 7.52. The molecule has 2 fully saturated rings. The third-order valence-corrected chi connectivity index (χ3v) is 4.48. The Morgan fingerprint density at radius 1 is 1.42 bits per heavy atom. The van der Waals surface area contributed by atoms with Gasteiger partial charge in [0.15, 0.2) is 0 Å². The van der Waals surface area contributed by atoms with Gasteiger partial charge in [0.05, 0.1) is 6.10 Å². The van der Waals surface area contributed by atoms with Gasteiger partial charge in [-0.2, -0.15) is 0 Å². The summed E-state index contributed by atoms with van der Waals surface area (Å²) in [4.78, 5) is 9.52. The van der Waals surface area contributed by atoms with Gasteiger partial charge in [-0.15, -0.1) is 0 Å². The zero-order valence-corrected chi connectivity index (χ0v) is 11.8. The summed E-state index contributed by atoms with van der Waals surface area (Å²) < 4.78 is 0. The van der Waals surface area contributed by atoms with Gasteiger partial charge < -0.3 is 10.0 Å². The maximum Gasteiger partial charge on any atom is 0.129 e. The van der Waals surface area contributed by atoms with Crippen LogP contribution in [0, 0.1) is 0 Å². The van der Waals surface area contributed by atoms with Gasteiger partial charge in [-0.3, -0.25) is 4.90 Å². The van der Waals surface area contributed by atoms with Crippen molar-refractivity contribution in [2.24, 2.45) is 0 Å². The van der Waals surface area contributed by atoms with Crippen molar-refractivity contribution in [3.8, 4) is 0 Å². The van der Waals surface area contributed by atoms with Gasteiger partial charge in [0.25, 0.3) is 0 Å². The topological polar surface area (TPSA) is 39.6 Å². The van der Waals surface area contributed by atoms with Gasteiger partial charge in [-0.1, -0.05) is 0 Å². The summed E-state index contributed by atoms with van der Waals surface area (Å²) in [5.41, 5.74) is 0.950. The highest BCUT2D eigenvalue weighted by atomic mass is 16.3. The van der Waals surface area contributed by atoms with E-state index in [1.165, 1.54) is 19.4 Å². The second-order valence-corrected chi connectivity index (χ2v) is 5.92. The third kappa shape index (κ3) is 2.47. The van der Waals surface area contributed by atoms with Crippen LogP contribution in [0.1, 0.15) is 38.4 Å². The van der Waals surface area contributed by atoms with Crippen LogP contribution in [0.15, 0.2) is 18.3 Å². The molecule has 1 N–H and O–H groups in total. The van der Waals surface area contributed by atoms with Crippen molar-refractivity contribution in [2.75, 3.05) is 24.5 Å². The third-order valence-electron chi connectivity index (χ3n) is 4.48. The fourth-order valence-corrected chi connectivity index (χ4v) is 3.36. The monoisotopic (exact) mass is 261 g/mol. The smallest absolute Gasteiger partial charge is 0.129 e. The molecule has 3 rings (SSSR count). The van der Waals surface area contributed by atoms with E-state index in [4.69, 9.17) is 0 Å². The van der Waals surface area contributed by atoms with Crippen LogP contribution in [0.25, 0.3) is 0 Å². The van der Waals surface area contributed by atoms with Gasteiger partial charge in [0.1, 0.15) is 5.82 Å². The number of piperazine rings is 1. The predicted octanol–water partition coefficient (Wildman–Crippen LogP) is 1.81. The minimum atomic E-state index is -0.426. The second kappa shape index (κ2) is 5.10. The molecule has 2 aliphatic heterocycles. The maximum absolute atomic E-state index is 9.71. The first-order valence-corrected chi connectivity index (χ1v) is 7.30. The molecule has 1 aromatic rings. The van der Waals surface area contributed by atoms with E-state index in [1.807, 2.05) is 18.3 Å². The highest BCUT2D eigenvalue weighted by molar-refractivity contribution is 5.43. The van der Waals surface area contributed by atoms with Crippen LogP contribution in [0.5, 0.6) is 0 Å². The van der Waals surface area contributed by atoms with Crippen molar-refractivity contribution in [3.05, 3.63) is 23.9 Å². The summed E-state index contributed by atoms with van der Waals surface area (Å²) in [6, 6.07) is 5.11. The van der Waals surface area contributed by atoms with Gasteiger partial charge in [-0.05, 0) is 50.9 Å². The SMILES string of the molecule is CC(O)c1ccnc(N2CC3CCCN3CC2C)c1. The van der Waals surface area contributed by atoms with Gasteiger partial charge in [-0.25, -0.2) is 4.98 Å². The van der Waals surface area contributed by atoms with Crippen LogP contribution < -0.4 is 4.90 Å². The van der Waals surface area contributed by atoms with E-state index in [0.29, 0.717) is 12.1 Å². The van der Waals surface area contributed by atoms with Crippen molar-refractivity contribution in [2.45, 2.75) is 44.9 Å². The first kappa shape index (κ1) is 12.9. The number of aliphatic hydroxyl groups is 1. The van der Waals surface area contributed by atoms with Gasteiger partial charge >= 0.3 is 0 Å². The lowest BCUT2D eigenvalue weighted by molar-refractivity contribution is 0.197. The van der Waals surface area contributed by atoms with Crippen molar-refractivity contribution < 1.29 is 5.11 Å². The Bertz CT molecular complexity index is 449. The highest BCUT2D eigenvalue weighted by Gasteiger charge is 2.34. The molecule has 0 spiro atoms. The minimum absolute atomic E-state index is 0.426. The van der Waals surface area contributed by atoms with Crippen molar-refractivity contribution in [1.82, 2.24) is 9.88 Å². The van der Waals surface area contributed by atoms with Crippen LogP contribution in [-0.2, 0) is 0 Å². The van der Waals surface area contributed by atoms with E-state index in [0.717, 1.165) is 24.5 Å². The van der Waals surface area contributed by atoms with Crippen LogP contribution in [0.3, 0.4) is 0 Å². The normalized spacial score (nSPS) is 29.3. The molecule has 3 atom stereocenters. The van der Waals surface area contributed by atoms with E-state index in [1.54, 1.807) is 6.92 Å². The van der Waals surface area contributed by atoms with E-state index in [-0.39, 0.29) is 0 Å². The fourth-order valence-electron chi connectivity index (χ4n) is 3.36. The van der Waals surface area contributed by atoms with Crippen LogP contribution in [-0.4, -0.2) is 46.7 Å². The molecule has 0 bridgehead atoms. The number of nitrogens with zero attached hydrogens (tertiary/aromatic N) is 3. The molecule has 3 heterocycles. The Balaban J connectivity index is 1.82. The highest BCUT2D eigenvalue weighted by Crippen LogP contribution is 2.28. The number of hydrogen-bond donors (Lipinski definition) is 1. The van der Waals surface area contributed by atoms with Crippen LogP contribution >= 0.6 is 0 Å². The van der Waals surface area contributed by atoms with Crippen molar-refractivity contribution >= 4 is 5.82 Å². The van der Waals surface area contributed by atoms with Gasteiger partial charge in [0.2, 0.25) is 0 Å². The van der Waals surface area contributed by atoms with Crippen LogP contribution in [0.4, 0.5) is 5.82 Å². The standard InChI is InChI=1S/C15H23N3O/c1-11-9-17-7-3-4-14(17)10-18(11)15-8-13(12(2)19)5-6-16-15/h5-6,8,11-12,14,19H,3-4,7,9-10H2,1-2H3. The molecule has 0 saturated carbocycles. The number of rotatable bonds is 2. The number of hydrogen-bond acceptors (Lipinski definition) is 4. The second-order valence-electron chi connectivity index (χ2n) is 5.92. The fraction of sp³-hybridized carbons (Fsp3) is 0.667. The van der Waals surface area contributed by atoms with E-state index < -0.39 is 6.10 Å². The van der Waals surface area contributed by atoms with Gasteiger partial charge in [0, 0.05) is 31.4 Å². The minimum Gasteiger partial charge on any atom is -0.389 e. The molecule has 2 saturated heterocycles. The molecule has 19 heavy (non-hydrogen) atoms. The van der Waals surface area contributed by atoms with Crippen LogP contribution in [0.2, 0.25) is 0 Å². The number of fused-ring (bicyclic) bond motifs is 1. The van der Waals surface area contributed by atoms with Crippen molar-refractivity contribution in [3.63, 3.8) is 0 Å². The molecule has 2 aliphatic rings. The van der Waals surface area contributed by atoms with E-state index in [2.05, 4.69) is 21.7 Å². The Morgan fingerprint density at radius 2 is 2.26 bits per heavy atom. The number of aromatic nitrogens is 1. The first-order chi connectivity index (χ1) is 9.15. The first-order valence-electron chi connectivity index (χ1n) is 7.30. The summed E-state index contributed by atoms with van der Waals surface area (Å²) in [5, 5.41) is 9.71. The molecule has 1 aromatic heterocycles. The Morgan fingerprint density at radius 3 is 3.05 bits per heavy atom. The summed E-state index contributed by atoms with van der Waals surface area (Å²) in [6.07, 6.45) is 4.02. The Hall–Kier alpha value is -1.13. The summed E-state index contributed by atoms with van der Waals surface area (Å²) in [7, 11) is 0. The molecule has 104 valence electrons. The Kier molecular flexibility index (Phi) is 3.46. The zero-order chi connectivity index (χ0) is 13.4. The molecule has 0 radical (unpaired) electrons. The molecular weight excluding hydrogens is 238 g/mol. The van der Waals surface area contributed by atoms with E-state index >= 15 is 0 Å². The molecule has 0 aromatic carbocycles. The summed E-state index contributed by atoms with van der Waals surface area (Å²) >= 11 is 0. The average Bonchev–Trinajstić information content (AvgIpc) is 2.85. The number of aliphatic hydroxyl groups excluding tert-OH is 1. The maximum atomic E-state index is 9.71. The Labute approximate surface area is 115 Å². The average molecular weight is 261 g/mol. The summed E-state index contributed by atoms with van der Waals surface area (Å²) in [5.74, 6) is 1.01. The molecule has 4 heteroatoms. The van der Waals surface area contributed by atoms with E-state index in [9.17, 15) is 5.11 Å². The lowest BCUT2D eigenvalue weighted by Crippen LogP contribution is -2.55. The quantitative estimate of drug-likeness (QED) is 0.881. The predicted molar refractivity (Wildman–Crippen MR) is 76.3 cm³/mol. The number of pyridine rings is 1. The number of anilines is 1. The largest absolute Gasteiger partial charge is 0.389 e.